The molecule has 3 nitrogen and oxygen atoms in total. The van der Waals surface area contributed by atoms with Crippen LogP contribution >= 0.6 is 22.9 Å². The van der Waals surface area contributed by atoms with Crippen molar-refractivity contribution in [1.82, 2.24) is 5.32 Å². The first kappa shape index (κ1) is 16.0. The molecular formula is C12H20ClNO2S2. The van der Waals surface area contributed by atoms with Crippen LogP contribution in [0.5, 0.6) is 0 Å². The van der Waals surface area contributed by atoms with E-state index in [0.29, 0.717) is 19.0 Å². The van der Waals surface area contributed by atoms with Gasteiger partial charge in [0.25, 0.3) is 0 Å². The highest BCUT2D eigenvalue weighted by molar-refractivity contribution is 7.91. The molecule has 1 heterocycles. The maximum absolute atomic E-state index is 11.7. The van der Waals surface area contributed by atoms with Gasteiger partial charge in [-0.15, -0.1) is 11.3 Å². The summed E-state index contributed by atoms with van der Waals surface area (Å²) in [6.07, 6.45) is 0.739. The van der Waals surface area contributed by atoms with Crippen molar-refractivity contribution in [2.24, 2.45) is 5.92 Å². The summed E-state index contributed by atoms with van der Waals surface area (Å²) in [6.45, 7) is 5.25. The van der Waals surface area contributed by atoms with E-state index in [1.54, 1.807) is 0 Å². The predicted molar refractivity (Wildman–Crippen MR) is 79.1 cm³/mol. The minimum absolute atomic E-state index is 0.207. The first-order chi connectivity index (χ1) is 8.39. The number of hydrogen-bond donors (Lipinski definition) is 1. The highest BCUT2D eigenvalue weighted by atomic mass is 35.5. The molecule has 0 saturated heterocycles. The number of halogens is 1. The normalized spacial score (nSPS) is 12.2. The van der Waals surface area contributed by atoms with E-state index >= 15 is 0 Å². The number of sulfone groups is 1. The molecule has 0 aliphatic rings. The summed E-state index contributed by atoms with van der Waals surface area (Å²) >= 11 is 7.32. The highest BCUT2D eigenvalue weighted by Gasteiger charge is 2.11. The zero-order valence-electron chi connectivity index (χ0n) is 10.8. The number of thiophene rings is 1. The Morgan fingerprint density at radius 2 is 2.06 bits per heavy atom. The van der Waals surface area contributed by atoms with Gasteiger partial charge in [0, 0.05) is 18.0 Å². The fraction of sp³-hybridized carbons (Fsp3) is 0.667. The first-order valence-electron chi connectivity index (χ1n) is 6.04. The lowest BCUT2D eigenvalue weighted by atomic mass is 10.2. The van der Waals surface area contributed by atoms with Gasteiger partial charge in [-0.05, 0) is 24.5 Å². The van der Waals surface area contributed by atoms with Gasteiger partial charge in [0.05, 0.1) is 15.8 Å². The minimum atomic E-state index is -2.91. The van der Waals surface area contributed by atoms with Gasteiger partial charge in [0.2, 0.25) is 0 Å². The van der Waals surface area contributed by atoms with Gasteiger partial charge in [0.15, 0.2) is 9.84 Å². The van der Waals surface area contributed by atoms with Crippen molar-refractivity contribution in [3.63, 3.8) is 0 Å². The van der Waals surface area contributed by atoms with Crippen LogP contribution in [0.25, 0.3) is 0 Å². The molecule has 0 aromatic carbocycles. The summed E-state index contributed by atoms with van der Waals surface area (Å²) in [5, 5.41) is 3.13. The smallest absolute Gasteiger partial charge is 0.151 e. The third kappa shape index (κ3) is 6.73. The largest absolute Gasteiger partial charge is 0.311 e. The third-order valence-electron chi connectivity index (χ3n) is 2.52. The van der Waals surface area contributed by atoms with Crippen molar-refractivity contribution >= 4 is 32.8 Å². The van der Waals surface area contributed by atoms with Crippen molar-refractivity contribution in [2.75, 3.05) is 18.1 Å². The van der Waals surface area contributed by atoms with E-state index < -0.39 is 9.84 Å². The molecule has 0 fully saturated rings. The molecule has 0 saturated carbocycles. The van der Waals surface area contributed by atoms with Crippen LogP contribution in [-0.4, -0.2) is 26.5 Å². The molecule has 1 aromatic heterocycles. The van der Waals surface area contributed by atoms with Crippen molar-refractivity contribution in [3.05, 3.63) is 21.3 Å². The first-order valence-corrected chi connectivity index (χ1v) is 9.06. The van der Waals surface area contributed by atoms with Gasteiger partial charge in [-0.3, -0.25) is 0 Å². The van der Waals surface area contributed by atoms with Crippen LogP contribution in [0, 0.1) is 5.92 Å². The Balaban J connectivity index is 2.21. The van der Waals surface area contributed by atoms with E-state index in [1.807, 2.05) is 26.0 Å². The second-order valence-electron chi connectivity index (χ2n) is 4.72. The molecule has 6 heteroatoms. The van der Waals surface area contributed by atoms with Crippen LogP contribution in [0.4, 0.5) is 0 Å². The van der Waals surface area contributed by atoms with Crippen LogP contribution in [0.3, 0.4) is 0 Å². The van der Waals surface area contributed by atoms with Crippen molar-refractivity contribution in [3.8, 4) is 0 Å². The molecule has 0 amide bonds. The molecule has 0 atom stereocenters. The van der Waals surface area contributed by atoms with Crippen molar-refractivity contribution in [1.29, 1.82) is 0 Å². The Morgan fingerprint density at radius 3 is 2.61 bits per heavy atom. The van der Waals surface area contributed by atoms with E-state index in [4.69, 9.17) is 11.6 Å². The van der Waals surface area contributed by atoms with Crippen LogP contribution < -0.4 is 5.32 Å². The molecule has 0 radical (unpaired) electrons. The lowest BCUT2D eigenvalue weighted by Crippen LogP contribution is -2.24. The molecule has 0 aliphatic carbocycles. The third-order valence-corrected chi connectivity index (χ3v) is 5.44. The van der Waals surface area contributed by atoms with Crippen molar-refractivity contribution in [2.45, 2.75) is 26.8 Å². The monoisotopic (exact) mass is 309 g/mol. The highest BCUT2D eigenvalue weighted by Crippen LogP contribution is 2.20. The zero-order valence-corrected chi connectivity index (χ0v) is 13.2. The van der Waals surface area contributed by atoms with E-state index in [2.05, 4.69) is 5.32 Å². The molecule has 1 N–H and O–H groups in total. The van der Waals surface area contributed by atoms with Gasteiger partial charge < -0.3 is 5.32 Å². The van der Waals surface area contributed by atoms with E-state index in [1.165, 1.54) is 11.3 Å². The Labute approximate surface area is 118 Å². The summed E-state index contributed by atoms with van der Waals surface area (Å²) in [6, 6.07) is 3.80. The summed E-state index contributed by atoms with van der Waals surface area (Å²) in [4.78, 5) is 1.12. The molecule has 0 unspecified atom stereocenters. The maximum Gasteiger partial charge on any atom is 0.151 e. The standard InChI is InChI=1S/C12H20ClNO2S2/c1-10(2)5-7-18(15,16)8-6-14-9-11-3-4-12(13)17-11/h3-4,10,14H,5-9H2,1-2H3. The maximum atomic E-state index is 11.7. The van der Waals surface area contributed by atoms with Crippen LogP contribution in [0.2, 0.25) is 4.34 Å². The Hall–Kier alpha value is -0.100. The van der Waals surface area contributed by atoms with Crippen LogP contribution in [0.15, 0.2) is 12.1 Å². The lowest BCUT2D eigenvalue weighted by molar-refractivity contribution is 0.570. The Bertz CT molecular complexity index is 454. The minimum Gasteiger partial charge on any atom is -0.311 e. The zero-order chi connectivity index (χ0) is 13.6. The SMILES string of the molecule is CC(C)CCS(=O)(=O)CCNCc1ccc(Cl)s1. The van der Waals surface area contributed by atoms with Crippen LogP contribution in [0.1, 0.15) is 25.1 Å². The molecule has 104 valence electrons. The van der Waals surface area contributed by atoms with Gasteiger partial charge in [-0.2, -0.15) is 0 Å². The van der Waals surface area contributed by atoms with E-state index in [0.717, 1.165) is 15.6 Å². The second kappa shape index (κ2) is 7.48. The predicted octanol–water partition coefficient (Wildman–Crippen LogP) is 2.95. The fourth-order valence-corrected chi connectivity index (χ4v) is 3.95. The Morgan fingerprint density at radius 1 is 1.33 bits per heavy atom. The number of nitrogens with one attached hydrogen (secondary N) is 1. The van der Waals surface area contributed by atoms with Gasteiger partial charge in [0.1, 0.15) is 0 Å². The second-order valence-corrected chi connectivity index (χ2v) is 8.82. The summed E-state index contributed by atoms with van der Waals surface area (Å²) < 4.78 is 24.1. The topological polar surface area (TPSA) is 46.2 Å². The Kier molecular flexibility index (Phi) is 6.63. The van der Waals surface area contributed by atoms with Gasteiger partial charge in [-0.1, -0.05) is 25.4 Å². The van der Waals surface area contributed by atoms with Gasteiger partial charge in [-0.25, -0.2) is 8.42 Å². The molecule has 0 bridgehead atoms. The van der Waals surface area contributed by atoms with Crippen molar-refractivity contribution < 1.29 is 8.42 Å². The van der Waals surface area contributed by atoms with Crippen LogP contribution in [-0.2, 0) is 16.4 Å². The van der Waals surface area contributed by atoms with Gasteiger partial charge >= 0.3 is 0 Å². The molecule has 0 spiro atoms. The number of hydrogen-bond acceptors (Lipinski definition) is 4. The molecular weight excluding hydrogens is 290 g/mol. The molecule has 18 heavy (non-hydrogen) atoms. The summed E-state index contributed by atoms with van der Waals surface area (Å²) in [7, 11) is -2.91. The fourth-order valence-electron chi connectivity index (χ4n) is 1.40. The van der Waals surface area contributed by atoms with E-state index in [9.17, 15) is 8.42 Å². The summed E-state index contributed by atoms with van der Waals surface area (Å²) in [5.74, 6) is 0.928. The number of rotatable bonds is 8. The average Bonchev–Trinajstić information content (AvgIpc) is 2.68. The molecule has 1 rings (SSSR count). The van der Waals surface area contributed by atoms with E-state index in [-0.39, 0.29) is 11.5 Å². The molecule has 0 aliphatic heterocycles. The molecule has 1 aromatic rings. The average molecular weight is 310 g/mol. The summed E-state index contributed by atoms with van der Waals surface area (Å²) in [5.41, 5.74) is 0. The lowest BCUT2D eigenvalue weighted by Gasteiger charge is -2.07. The quantitative estimate of drug-likeness (QED) is 0.751.